The lowest BCUT2D eigenvalue weighted by molar-refractivity contribution is -0.117. The highest BCUT2D eigenvalue weighted by Gasteiger charge is 2.12. The van der Waals surface area contributed by atoms with Gasteiger partial charge in [-0.1, -0.05) is 49.1 Å². The third kappa shape index (κ3) is 5.89. The van der Waals surface area contributed by atoms with Crippen molar-refractivity contribution in [2.24, 2.45) is 5.92 Å². The SMILES string of the molecule is CC(C)CC(=O)Nc1nnc(SCC(=O)Nc2ccccc2F)s1. The first-order valence-corrected chi connectivity index (χ1v) is 9.04. The summed E-state index contributed by atoms with van der Waals surface area (Å²) in [6, 6.07) is 5.96. The Balaban J connectivity index is 1.81. The van der Waals surface area contributed by atoms with Gasteiger partial charge in [0.1, 0.15) is 5.82 Å². The van der Waals surface area contributed by atoms with Gasteiger partial charge in [-0.3, -0.25) is 9.59 Å². The number of thioether (sulfide) groups is 1. The maximum absolute atomic E-state index is 13.4. The lowest BCUT2D eigenvalue weighted by Crippen LogP contribution is -2.14. The molecule has 0 atom stereocenters. The molecule has 0 radical (unpaired) electrons. The predicted octanol–water partition coefficient (Wildman–Crippen LogP) is 3.39. The van der Waals surface area contributed by atoms with E-state index in [0.717, 1.165) is 0 Å². The van der Waals surface area contributed by atoms with E-state index in [1.165, 1.54) is 35.2 Å². The second kappa shape index (κ2) is 8.74. The number of anilines is 2. The van der Waals surface area contributed by atoms with Gasteiger partial charge in [0.2, 0.25) is 16.9 Å². The quantitative estimate of drug-likeness (QED) is 0.578. The van der Waals surface area contributed by atoms with Gasteiger partial charge in [0.15, 0.2) is 4.34 Å². The van der Waals surface area contributed by atoms with Crippen LogP contribution in [0, 0.1) is 11.7 Å². The van der Waals surface area contributed by atoms with Crippen LogP contribution < -0.4 is 10.6 Å². The van der Waals surface area contributed by atoms with Crippen molar-refractivity contribution in [2.45, 2.75) is 24.6 Å². The Morgan fingerprint density at radius 1 is 1.21 bits per heavy atom. The number of amides is 2. The molecular formula is C15H17FN4O2S2. The van der Waals surface area contributed by atoms with Crippen LogP contribution in [0.25, 0.3) is 0 Å². The normalized spacial score (nSPS) is 10.7. The van der Waals surface area contributed by atoms with Crippen molar-refractivity contribution in [3.8, 4) is 0 Å². The summed E-state index contributed by atoms with van der Waals surface area (Å²) in [5.41, 5.74) is 0.141. The molecule has 2 aromatic rings. The van der Waals surface area contributed by atoms with Gasteiger partial charge >= 0.3 is 0 Å². The maximum Gasteiger partial charge on any atom is 0.234 e. The van der Waals surface area contributed by atoms with Crippen molar-refractivity contribution in [3.63, 3.8) is 0 Å². The third-order valence-electron chi connectivity index (χ3n) is 2.72. The second-order valence-electron chi connectivity index (χ2n) is 5.34. The van der Waals surface area contributed by atoms with Gasteiger partial charge < -0.3 is 10.6 Å². The number of nitrogens with one attached hydrogen (secondary N) is 2. The van der Waals surface area contributed by atoms with Gasteiger partial charge in [-0.2, -0.15) is 0 Å². The van der Waals surface area contributed by atoms with Gasteiger partial charge in [0, 0.05) is 6.42 Å². The first kappa shape index (κ1) is 18.3. The van der Waals surface area contributed by atoms with Crippen LogP contribution in [0.4, 0.5) is 15.2 Å². The molecule has 0 unspecified atom stereocenters. The summed E-state index contributed by atoms with van der Waals surface area (Å²) in [6.45, 7) is 3.91. The van der Waals surface area contributed by atoms with Crippen molar-refractivity contribution in [3.05, 3.63) is 30.1 Å². The second-order valence-corrected chi connectivity index (χ2v) is 7.54. The fourth-order valence-corrected chi connectivity index (χ4v) is 3.30. The lowest BCUT2D eigenvalue weighted by Gasteiger charge is -2.04. The van der Waals surface area contributed by atoms with E-state index in [1.807, 2.05) is 13.8 Å². The van der Waals surface area contributed by atoms with Gasteiger partial charge in [-0.05, 0) is 18.1 Å². The molecule has 128 valence electrons. The first-order chi connectivity index (χ1) is 11.4. The van der Waals surface area contributed by atoms with Crippen molar-refractivity contribution in [1.82, 2.24) is 10.2 Å². The predicted molar refractivity (Wildman–Crippen MR) is 93.7 cm³/mol. The van der Waals surface area contributed by atoms with Crippen molar-refractivity contribution < 1.29 is 14.0 Å². The first-order valence-electron chi connectivity index (χ1n) is 7.24. The zero-order valence-corrected chi connectivity index (χ0v) is 14.8. The number of para-hydroxylation sites is 1. The zero-order chi connectivity index (χ0) is 17.5. The van der Waals surface area contributed by atoms with E-state index in [2.05, 4.69) is 20.8 Å². The Morgan fingerprint density at radius 2 is 1.96 bits per heavy atom. The van der Waals surface area contributed by atoms with E-state index >= 15 is 0 Å². The molecule has 6 nitrogen and oxygen atoms in total. The molecule has 0 fully saturated rings. The highest BCUT2D eigenvalue weighted by Crippen LogP contribution is 2.26. The van der Waals surface area contributed by atoms with Crippen LogP contribution in [-0.4, -0.2) is 27.8 Å². The highest BCUT2D eigenvalue weighted by molar-refractivity contribution is 8.01. The number of carbonyl (C=O) groups is 2. The molecule has 2 amide bonds. The summed E-state index contributed by atoms with van der Waals surface area (Å²) in [5.74, 6) is -0.612. The average Bonchev–Trinajstić information content (AvgIpc) is 2.94. The Morgan fingerprint density at radius 3 is 2.67 bits per heavy atom. The standard InChI is InChI=1S/C15H17FN4O2S2/c1-9(2)7-12(21)18-14-19-20-15(24-14)23-8-13(22)17-11-6-4-3-5-10(11)16/h3-6,9H,7-8H2,1-2H3,(H,17,22)(H,18,19,21). The summed E-state index contributed by atoms with van der Waals surface area (Å²) >= 11 is 2.37. The van der Waals surface area contributed by atoms with E-state index < -0.39 is 5.82 Å². The van der Waals surface area contributed by atoms with Crippen LogP contribution >= 0.6 is 23.1 Å². The van der Waals surface area contributed by atoms with Crippen molar-refractivity contribution in [1.29, 1.82) is 0 Å². The summed E-state index contributed by atoms with van der Waals surface area (Å²) in [6.07, 6.45) is 0.410. The Hall–Kier alpha value is -2.00. The van der Waals surface area contributed by atoms with Gasteiger partial charge in [-0.25, -0.2) is 4.39 Å². The Kier molecular flexibility index (Phi) is 6.68. The van der Waals surface area contributed by atoms with Gasteiger partial charge in [0.05, 0.1) is 11.4 Å². The minimum Gasteiger partial charge on any atom is -0.323 e. The molecule has 2 N–H and O–H groups in total. The number of hydrogen-bond acceptors (Lipinski definition) is 6. The number of rotatable bonds is 7. The number of halogens is 1. The van der Waals surface area contributed by atoms with E-state index in [1.54, 1.807) is 12.1 Å². The molecule has 1 aromatic heterocycles. The summed E-state index contributed by atoms with van der Waals surface area (Å²) in [4.78, 5) is 23.5. The van der Waals surface area contributed by atoms with Crippen LogP contribution in [0.15, 0.2) is 28.6 Å². The molecule has 9 heteroatoms. The molecule has 1 heterocycles. The fraction of sp³-hybridized carbons (Fsp3) is 0.333. The minimum absolute atomic E-state index is 0.0723. The average molecular weight is 368 g/mol. The zero-order valence-electron chi connectivity index (χ0n) is 13.2. The summed E-state index contributed by atoms with van der Waals surface area (Å²) < 4.78 is 14.0. The molecule has 0 spiro atoms. The third-order valence-corrected chi connectivity index (χ3v) is 4.69. The highest BCUT2D eigenvalue weighted by atomic mass is 32.2. The molecule has 0 bridgehead atoms. The van der Waals surface area contributed by atoms with E-state index in [4.69, 9.17) is 0 Å². The van der Waals surface area contributed by atoms with Crippen LogP contribution in [0.1, 0.15) is 20.3 Å². The number of nitrogens with zero attached hydrogens (tertiary/aromatic N) is 2. The monoisotopic (exact) mass is 368 g/mol. The van der Waals surface area contributed by atoms with Crippen molar-refractivity contribution in [2.75, 3.05) is 16.4 Å². The number of aromatic nitrogens is 2. The minimum atomic E-state index is -0.484. The molecule has 0 saturated carbocycles. The van der Waals surface area contributed by atoms with E-state index in [0.29, 0.717) is 15.9 Å². The Bertz CT molecular complexity index is 721. The maximum atomic E-state index is 13.4. The Labute approximate surface area is 147 Å². The molecule has 0 saturated heterocycles. The molecular weight excluding hydrogens is 351 g/mol. The van der Waals surface area contributed by atoms with E-state index in [-0.39, 0.29) is 29.2 Å². The molecule has 2 rings (SSSR count). The van der Waals surface area contributed by atoms with Crippen LogP contribution in [0.3, 0.4) is 0 Å². The van der Waals surface area contributed by atoms with Crippen molar-refractivity contribution >= 4 is 45.7 Å². The number of hydrogen-bond donors (Lipinski definition) is 2. The van der Waals surface area contributed by atoms with Gasteiger partial charge in [0.25, 0.3) is 0 Å². The molecule has 0 aliphatic carbocycles. The molecule has 0 aliphatic rings. The lowest BCUT2D eigenvalue weighted by atomic mass is 10.1. The van der Waals surface area contributed by atoms with Crippen LogP contribution in [0.2, 0.25) is 0 Å². The number of benzene rings is 1. The van der Waals surface area contributed by atoms with Crippen LogP contribution in [-0.2, 0) is 9.59 Å². The molecule has 1 aromatic carbocycles. The van der Waals surface area contributed by atoms with Crippen LogP contribution in [0.5, 0.6) is 0 Å². The summed E-state index contributed by atoms with van der Waals surface area (Å²) in [5, 5.41) is 13.3. The smallest absolute Gasteiger partial charge is 0.234 e. The number of carbonyl (C=O) groups excluding carboxylic acids is 2. The largest absolute Gasteiger partial charge is 0.323 e. The van der Waals surface area contributed by atoms with E-state index in [9.17, 15) is 14.0 Å². The molecule has 24 heavy (non-hydrogen) atoms. The summed E-state index contributed by atoms with van der Waals surface area (Å²) in [7, 11) is 0. The van der Waals surface area contributed by atoms with Gasteiger partial charge in [-0.15, -0.1) is 10.2 Å². The molecule has 0 aliphatic heterocycles. The topological polar surface area (TPSA) is 84.0 Å². The fourth-order valence-electron chi connectivity index (χ4n) is 1.74.